The molecule has 0 atom stereocenters. The molecule has 0 radical (unpaired) electrons. The Balaban J connectivity index is 1.43. The molecule has 4 aromatic rings. The largest absolute Gasteiger partial charge is 0.359 e. The molecule has 0 unspecified atom stereocenters. The summed E-state index contributed by atoms with van der Waals surface area (Å²) in [6.45, 7) is 2.13. The number of fused-ring (bicyclic) bond motifs is 2. The lowest BCUT2D eigenvalue weighted by molar-refractivity contribution is 0.462. The second-order valence-electron chi connectivity index (χ2n) is 6.92. The zero-order valence-corrected chi connectivity index (χ0v) is 14.7. The summed E-state index contributed by atoms with van der Waals surface area (Å²) in [5, 5.41) is 16.6. The first-order valence-electron chi connectivity index (χ1n) is 9.15. The molecule has 1 saturated heterocycles. The maximum absolute atomic E-state index is 9.10. The van der Waals surface area contributed by atoms with Gasteiger partial charge in [-0.1, -0.05) is 0 Å². The highest BCUT2D eigenvalue weighted by Gasteiger charge is 2.19. The van der Waals surface area contributed by atoms with Crippen molar-refractivity contribution in [2.24, 2.45) is 0 Å². The van der Waals surface area contributed by atoms with E-state index in [1.807, 2.05) is 18.3 Å². The van der Waals surface area contributed by atoms with Gasteiger partial charge in [-0.3, -0.25) is 4.98 Å². The van der Waals surface area contributed by atoms with Crippen LogP contribution in [0.4, 0.5) is 11.5 Å². The Hall–Kier alpha value is -3.37. The Morgan fingerprint density at radius 2 is 2.04 bits per heavy atom. The molecule has 1 aliphatic rings. The number of aromatic nitrogens is 4. The molecule has 0 aliphatic carbocycles. The predicted molar refractivity (Wildman–Crippen MR) is 105 cm³/mol. The number of H-pyrrole nitrogens is 2. The van der Waals surface area contributed by atoms with Crippen LogP contribution in [0.15, 0.2) is 36.8 Å². The van der Waals surface area contributed by atoms with Crippen molar-refractivity contribution in [1.29, 1.82) is 5.26 Å². The minimum atomic E-state index is 0.567. The van der Waals surface area contributed by atoms with E-state index in [4.69, 9.17) is 10.2 Å². The third kappa shape index (κ3) is 2.80. The molecule has 1 aliphatic heterocycles. The molecule has 5 rings (SSSR count). The van der Waals surface area contributed by atoms with Crippen LogP contribution in [-0.2, 0) is 0 Å². The van der Waals surface area contributed by atoms with Gasteiger partial charge in [0.25, 0.3) is 0 Å². The molecule has 134 valence electrons. The highest BCUT2D eigenvalue weighted by atomic mass is 15.0. The summed E-state index contributed by atoms with van der Waals surface area (Å²) in [6, 6.07) is 7.99. The lowest BCUT2D eigenvalue weighted by atomic mass is 9.91. The summed E-state index contributed by atoms with van der Waals surface area (Å²) in [4.78, 5) is 15.6. The Labute approximate surface area is 155 Å². The normalized spacial score (nSPS) is 15.2. The fraction of sp³-hybridized carbons (Fsp3) is 0.250. The number of piperidine rings is 1. The smallest absolute Gasteiger partial charge is 0.141 e. The minimum Gasteiger partial charge on any atom is -0.359 e. The number of nitrogens with zero attached hydrogens (tertiary/aromatic N) is 3. The minimum absolute atomic E-state index is 0.567. The lowest BCUT2D eigenvalue weighted by Crippen LogP contribution is -2.26. The maximum atomic E-state index is 9.10. The summed E-state index contributed by atoms with van der Waals surface area (Å²) >= 11 is 0. The van der Waals surface area contributed by atoms with Gasteiger partial charge >= 0.3 is 0 Å². The van der Waals surface area contributed by atoms with E-state index < -0.39 is 0 Å². The lowest BCUT2D eigenvalue weighted by Gasteiger charge is -2.21. The average molecular weight is 357 g/mol. The van der Waals surface area contributed by atoms with Crippen molar-refractivity contribution >= 4 is 33.6 Å². The van der Waals surface area contributed by atoms with Crippen molar-refractivity contribution in [3.8, 4) is 6.07 Å². The molecule has 7 nitrogen and oxygen atoms in total. The van der Waals surface area contributed by atoms with Crippen molar-refractivity contribution in [3.05, 3.63) is 47.9 Å². The second-order valence-corrected chi connectivity index (χ2v) is 6.92. The molecule has 5 heterocycles. The van der Waals surface area contributed by atoms with E-state index in [2.05, 4.69) is 43.9 Å². The van der Waals surface area contributed by atoms with Crippen molar-refractivity contribution in [3.63, 3.8) is 0 Å². The third-order valence-corrected chi connectivity index (χ3v) is 5.25. The summed E-state index contributed by atoms with van der Waals surface area (Å²) in [5.74, 6) is 1.28. The number of pyridine rings is 2. The van der Waals surface area contributed by atoms with Gasteiger partial charge in [0.05, 0.1) is 28.5 Å². The van der Waals surface area contributed by atoms with Crippen LogP contribution in [0.3, 0.4) is 0 Å². The Bertz CT molecular complexity index is 1160. The molecule has 0 bridgehead atoms. The van der Waals surface area contributed by atoms with Gasteiger partial charge in [-0.15, -0.1) is 0 Å². The number of hydrogen-bond acceptors (Lipinski definition) is 5. The summed E-state index contributed by atoms with van der Waals surface area (Å²) in [6.07, 6.45) is 7.93. The molecular formula is C20H19N7. The number of anilines is 2. The number of rotatable bonds is 3. The Morgan fingerprint density at radius 1 is 1.15 bits per heavy atom. The topological polar surface area (TPSA) is 105 Å². The van der Waals surface area contributed by atoms with Gasteiger partial charge in [0, 0.05) is 17.8 Å². The highest BCUT2D eigenvalue weighted by molar-refractivity contribution is 5.85. The van der Waals surface area contributed by atoms with E-state index in [-0.39, 0.29) is 0 Å². The van der Waals surface area contributed by atoms with E-state index in [1.165, 1.54) is 5.56 Å². The van der Waals surface area contributed by atoms with E-state index in [0.29, 0.717) is 22.9 Å². The Kier molecular flexibility index (Phi) is 3.77. The van der Waals surface area contributed by atoms with E-state index >= 15 is 0 Å². The first-order chi connectivity index (χ1) is 13.3. The molecule has 4 N–H and O–H groups in total. The van der Waals surface area contributed by atoms with Crippen LogP contribution in [0.1, 0.15) is 29.9 Å². The molecule has 4 aromatic heterocycles. The maximum Gasteiger partial charge on any atom is 0.141 e. The zero-order chi connectivity index (χ0) is 18.2. The first-order valence-corrected chi connectivity index (χ1v) is 9.15. The van der Waals surface area contributed by atoms with Crippen LogP contribution in [-0.4, -0.2) is 33.0 Å². The third-order valence-electron chi connectivity index (χ3n) is 5.25. The van der Waals surface area contributed by atoms with Crippen LogP contribution in [0, 0.1) is 11.3 Å². The van der Waals surface area contributed by atoms with Crippen molar-refractivity contribution in [1.82, 2.24) is 25.3 Å². The summed E-state index contributed by atoms with van der Waals surface area (Å²) in [5.41, 5.74) is 5.57. The zero-order valence-electron chi connectivity index (χ0n) is 14.7. The molecule has 27 heavy (non-hydrogen) atoms. The Morgan fingerprint density at radius 3 is 2.89 bits per heavy atom. The molecule has 0 spiro atoms. The number of nitriles is 1. The van der Waals surface area contributed by atoms with Crippen molar-refractivity contribution in [2.75, 3.05) is 18.4 Å². The van der Waals surface area contributed by atoms with Crippen molar-refractivity contribution in [2.45, 2.75) is 18.8 Å². The quantitative estimate of drug-likeness (QED) is 0.449. The predicted octanol–water partition coefficient (Wildman–Crippen LogP) is 3.52. The van der Waals surface area contributed by atoms with Crippen LogP contribution in [0.5, 0.6) is 0 Å². The van der Waals surface area contributed by atoms with E-state index in [0.717, 1.165) is 48.0 Å². The van der Waals surface area contributed by atoms with Gasteiger partial charge in [-0.2, -0.15) is 5.26 Å². The van der Waals surface area contributed by atoms with Gasteiger partial charge in [0.1, 0.15) is 17.5 Å². The standard InChI is InChI=1S/C20H19N7/c21-8-13-9-25-20-15(13)1-2-18(27-20)26-14-7-17-19(24-10-14)16(11-23-17)12-3-5-22-6-4-12/h1-2,7,9-12,22-23H,3-6H2,(H2,25,26,27). The number of nitrogens with one attached hydrogen (secondary N) is 4. The summed E-state index contributed by atoms with van der Waals surface area (Å²) < 4.78 is 0. The van der Waals surface area contributed by atoms with Gasteiger partial charge < -0.3 is 20.6 Å². The van der Waals surface area contributed by atoms with Crippen LogP contribution < -0.4 is 10.6 Å². The van der Waals surface area contributed by atoms with E-state index in [9.17, 15) is 0 Å². The number of aromatic amines is 2. The first kappa shape index (κ1) is 15.9. The van der Waals surface area contributed by atoms with Crippen LogP contribution in [0.25, 0.3) is 22.1 Å². The van der Waals surface area contributed by atoms with Crippen LogP contribution in [0.2, 0.25) is 0 Å². The average Bonchev–Trinajstić information content (AvgIpc) is 3.31. The fourth-order valence-corrected chi connectivity index (χ4v) is 3.86. The molecule has 0 aromatic carbocycles. The van der Waals surface area contributed by atoms with Gasteiger partial charge in [-0.05, 0) is 55.6 Å². The second kappa shape index (κ2) is 6.41. The molecule has 0 saturated carbocycles. The fourth-order valence-electron chi connectivity index (χ4n) is 3.86. The highest BCUT2D eigenvalue weighted by Crippen LogP contribution is 2.31. The molecule has 1 fully saturated rings. The SMILES string of the molecule is N#Cc1c[nH]c2nc(Nc3cnc4c(C5CCNCC5)c[nH]c4c3)ccc12. The number of hydrogen-bond donors (Lipinski definition) is 4. The summed E-state index contributed by atoms with van der Waals surface area (Å²) in [7, 11) is 0. The molecule has 0 amide bonds. The van der Waals surface area contributed by atoms with Crippen LogP contribution >= 0.6 is 0 Å². The molecular weight excluding hydrogens is 338 g/mol. The van der Waals surface area contributed by atoms with Gasteiger partial charge in [0.15, 0.2) is 0 Å². The molecule has 7 heteroatoms. The monoisotopic (exact) mass is 357 g/mol. The van der Waals surface area contributed by atoms with Crippen molar-refractivity contribution < 1.29 is 0 Å². The van der Waals surface area contributed by atoms with Gasteiger partial charge in [0.2, 0.25) is 0 Å². The van der Waals surface area contributed by atoms with E-state index in [1.54, 1.807) is 6.20 Å². The van der Waals surface area contributed by atoms with Gasteiger partial charge in [-0.25, -0.2) is 4.98 Å².